The zero-order chi connectivity index (χ0) is 27.9. The van der Waals surface area contributed by atoms with Crippen molar-refractivity contribution < 1.29 is 14.6 Å². The molecule has 1 saturated carbocycles. The predicted molar refractivity (Wildman–Crippen MR) is 159 cm³/mol. The Bertz CT molecular complexity index is 1400. The number of rotatable bonds is 8. The second-order valence-electron chi connectivity index (χ2n) is 12.5. The van der Waals surface area contributed by atoms with Gasteiger partial charge in [-0.3, -0.25) is 4.98 Å². The highest BCUT2D eigenvalue weighted by atomic mass is 35.5. The average molecular weight is 559 g/mol. The molecular weight excluding hydrogens is 520 g/mol. The maximum atomic E-state index is 12.7. The van der Waals surface area contributed by atoms with Gasteiger partial charge >= 0.3 is 5.97 Å². The molecule has 6 rings (SSSR count). The van der Waals surface area contributed by atoms with Crippen LogP contribution < -0.4 is 10.1 Å². The van der Waals surface area contributed by atoms with Crippen LogP contribution in [0.25, 0.3) is 0 Å². The second kappa shape index (κ2) is 10.7. The first-order chi connectivity index (χ1) is 19.3. The number of fused-ring (bicyclic) bond motifs is 3. The quantitative estimate of drug-likeness (QED) is 0.295. The van der Waals surface area contributed by atoms with Gasteiger partial charge in [0.15, 0.2) is 0 Å². The molecule has 210 valence electrons. The fraction of sp³-hybridized carbons (Fsp3) is 0.471. The van der Waals surface area contributed by atoms with Crippen molar-refractivity contribution in [2.75, 3.05) is 11.9 Å². The number of nitrogens with zero attached hydrogens (tertiary/aromatic N) is 1. The van der Waals surface area contributed by atoms with Gasteiger partial charge in [0, 0.05) is 28.2 Å². The minimum Gasteiger partial charge on any atom is -0.493 e. The average Bonchev–Trinajstić information content (AvgIpc) is 3.47. The number of aryl methyl sites for hydroxylation is 1. The Kier molecular flexibility index (Phi) is 7.28. The molecule has 0 radical (unpaired) electrons. The maximum Gasteiger partial charge on any atom is 0.329 e. The molecule has 0 amide bonds. The first kappa shape index (κ1) is 27.1. The fourth-order valence-electron chi connectivity index (χ4n) is 7.84. The molecule has 5 nitrogen and oxygen atoms in total. The summed E-state index contributed by atoms with van der Waals surface area (Å²) >= 11 is 6.21. The van der Waals surface area contributed by atoms with Crippen molar-refractivity contribution in [1.82, 2.24) is 4.98 Å². The largest absolute Gasteiger partial charge is 0.493 e. The molecule has 6 heteroatoms. The number of aliphatic carboxylic acids is 1. The van der Waals surface area contributed by atoms with E-state index in [9.17, 15) is 9.90 Å². The Hall–Kier alpha value is -3.05. The van der Waals surface area contributed by atoms with E-state index in [4.69, 9.17) is 16.3 Å². The lowest BCUT2D eigenvalue weighted by molar-refractivity contribution is -0.144. The van der Waals surface area contributed by atoms with Gasteiger partial charge in [-0.15, -0.1) is 0 Å². The molecule has 0 aliphatic heterocycles. The summed E-state index contributed by atoms with van der Waals surface area (Å²) in [6, 6.07) is 18.2. The third-order valence-corrected chi connectivity index (χ3v) is 10.2. The van der Waals surface area contributed by atoms with Gasteiger partial charge in [0.05, 0.1) is 6.61 Å². The zero-order valence-corrected chi connectivity index (χ0v) is 24.2. The lowest BCUT2D eigenvalue weighted by atomic mass is 9.59. The van der Waals surface area contributed by atoms with E-state index >= 15 is 0 Å². The number of carbonyl (C=O) groups is 1. The monoisotopic (exact) mass is 558 g/mol. The van der Waals surface area contributed by atoms with Crippen molar-refractivity contribution in [2.45, 2.75) is 82.1 Å². The van der Waals surface area contributed by atoms with Crippen LogP contribution in [0.5, 0.6) is 5.75 Å². The summed E-state index contributed by atoms with van der Waals surface area (Å²) in [5, 5.41) is 14.4. The number of halogens is 1. The molecule has 0 saturated heterocycles. The van der Waals surface area contributed by atoms with Gasteiger partial charge in [-0.2, -0.15) is 0 Å². The first-order valence-corrected chi connectivity index (χ1v) is 15.1. The Morgan fingerprint density at radius 2 is 1.95 bits per heavy atom. The number of hydrogen-bond donors (Lipinski definition) is 2. The van der Waals surface area contributed by atoms with Gasteiger partial charge in [-0.05, 0) is 110 Å². The fourth-order valence-corrected chi connectivity index (χ4v) is 8.03. The summed E-state index contributed by atoms with van der Waals surface area (Å²) in [7, 11) is 0. The highest BCUT2D eigenvalue weighted by molar-refractivity contribution is 6.30. The summed E-state index contributed by atoms with van der Waals surface area (Å²) in [5.74, 6) is 1.56. The molecule has 1 heterocycles. The lowest BCUT2D eigenvalue weighted by Crippen LogP contribution is -2.53. The first-order valence-electron chi connectivity index (χ1n) is 14.8. The summed E-state index contributed by atoms with van der Waals surface area (Å²) in [6.45, 7) is 5.25. The molecule has 1 fully saturated rings. The SMILES string of the molecule is CC1CCc2nccc(OC[C@H](C)CC3Cc4ccccc4C34CCC(Nc3cccc(Cl)c3)(C(=O)O)CC4)c21. The van der Waals surface area contributed by atoms with Gasteiger partial charge in [0.2, 0.25) is 0 Å². The molecule has 3 aliphatic rings. The number of carboxylic acid groups (broad SMARTS) is 1. The number of anilines is 1. The third kappa shape index (κ3) is 4.87. The minimum absolute atomic E-state index is 0.00769. The number of ether oxygens (including phenoxy) is 1. The van der Waals surface area contributed by atoms with Crippen molar-refractivity contribution in [3.63, 3.8) is 0 Å². The van der Waals surface area contributed by atoms with Crippen molar-refractivity contribution in [1.29, 1.82) is 0 Å². The number of pyridine rings is 1. The normalized spacial score (nSPS) is 27.7. The van der Waals surface area contributed by atoms with E-state index in [1.165, 1.54) is 22.4 Å². The number of benzene rings is 2. The van der Waals surface area contributed by atoms with Crippen molar-refractivity contribution in [2.24, 2.45) is 11.8 Å². The van der Waals surface area contributed by atoms with E-state index in [1.807, 2.05) is 36.5 Å². The Morgan fingerprint density at radius 1 is 1.15 bits per heavy atom. The van der Waals surface area contributed by atoms with Crippen LogP contribution in [0, 0.1) is 11.8 Å². The predicted octanol–water partition coefficient (Wildman–Crippen LogP) is 7.81. The number of carboxylic acids is 1. The molecule has 2 aromatic carbocycles. The van der Waals surface area contributed by atoms with Crippen molar-refractivity contribution in [3.8, 4) is 5.75 Å². The standard InChI is InChI=1S/C34H39ClN2O3/c1-22(21-40-30-12-17-36-29-11-10-23(2)31(29)30)18-25-19-24-6-3-4-9-28(24)33(25)13-15-34(16-14-33,32(38)39)37-27-8-5-7-26(35)20-27/h3-9,12,17,20,22-23,25,37H,10-11,13-16,18-19,21H2,1-2H3,(H,38,39)/t22-,23?,25?,33?,34?/m1/s1. The molecule has 2 N–H and O–H groups in total. The van der Waals surface area contributed by atoms with Crippen molar-refractivity contribution >= 4 is 23.3 Å². The zero-order valence-electron chi connectivity index (χ0n) is 23.5. The van der Waals surface area contributed by atoms with Crippen LogP contribution in [0.4, 0.5) is 5.69 Å². The van der Waals surface area contributed by atoms with E-state index in [2.05, 4.69) is 48.4 Å². The molecule has 1 aromatic heterocycles. The smallest absolute Gasteiger partial charge is 0.329 e. The second-order valence-corrected chi connectivity index (χ2v) is 12.9. The molecule has 0 bridgehead atoms. The van der Waals surface area contributed by atoms with Crippen LogP contribution in [-0.4, -0.2) is 28.2 Å². The van der Waals surface area contributed by atoms with Gasteiger partial charge < -0.3 is 15.2 Å². The summed E-state index contributed by atoms with van der Waals surface area (Å²) in [6.07, 6.45) is 9.00. The third-order valence-electron chi connectivity index (χ3n) is 9.96. The van der Waals surface area contributed by atoms with Crippen molar-refractivity contribution in [3.05, 3.63) is 88.2 Å². The minimum atomic E-state index is -0.995. The van der Waals surface area contributed by atoms with Gasteiger partial charge in [-0.1, -0.05) is 55.8 Å². The summed E-state index contributed by atoms with van der Waals surface area (Å²) < 4.78 is 6.45. The van der Waals surface area contributed by atoms with E-state index in [0.29, 0.717) is 42.2 Å². The molecule has 40 heavy (non-hydrogen) atoms. The summed E-state index contributed by atoms with van der Waals surface area (Å²) in [5.41, 5.74) is 5.10. The Balaban J connectivity index is 1.19. The van der Waals surface area contributed by atoms with Gasteiger partial charge in [-0.25, -0.2) is 4.79 Å². The van der Waals surface area contributed by atoms with Crippen LogP contribution >= 0.6 is 11.6 Å². The molecular formula is C34H39ClN2O3. The van der Waals surface area contributed by atoms with Crippen LogP contribution in [0.15, 0.2) is 60.8 Å². The van der Waals surface area contributed by atoms with E-state index in [-0.39, 0.29) is 5.41 Å². The molecule has 3 atom stereocenters. The van der Waals surface area contributed by atoms with Crippen LogP contribution in [0.1, 0.15) is 80.7 Å². The van der Waals surface area contributed by atoms with E-state index in [1.54, 1.807) is 0 Å². The highest BCUT2D eigenvalue weighted by Crippen LogP contribution is 2.56. The van der Waals surface area contributed by atoms with Crippen LogP contribution in [0.2, 0.25) is 5.02 Å². The van der Waals surface area contributed by atoms with Crippen LogP contribution in [0.3, 0.4) is 0 Å². The topological polar surface area (TPSA) is 71.5 Å². The Labute approximate surface area is 242 Å². The van der Waals surface area contributed by atoms with E-state index < -0.39 is 11.5 Å². The number of aromatic nitrogens is 1. The van der Waals surface area contributed by atoms with E-state index in [0.717, 1.165) is 50.0 Å². The molecule has 3 aliphatic carbocycles. The van der Waals surface area contributed by atoms with Gasteiger partial charge in [0.25, 0.3) is 0 Å². The summed E-state index contributed by atoms with van der Waals surface area (Å²) in [4.78, 5) is 17.3. The highest BCUT2D eigenvalue weighted by Gasteiger charge is 2.54. The molecule has 1 spiro atoms. The lowest BCUT2D eigenvalue weighted by Gasteiger charge is -2.47. The maximum absolute atomic E-state index is 12.7. The molecule has 2 unspecified atom stereocenters. The van der Waals surface area contributed by atoms with Crippen LogP contribution in [-0.2, 0) is 23.1 Å². The number of hydrogen-bond acceptors (Lipinski definition) is 4. The molecule has 3 aromatic rings. The Morgan fingerprint density at radius 3 is 2.73 bits per heavy atom. The number of nitrogens with one attached hydrogen (secondary N) is 1. The van der Waals surface area contributed by atoms with Gasteiger partial charge in [0.1, 0.15) is 11.3 Å².